The van der Waals surface area contributed by atoms with Gasteiger partial charge < -0.3 is 19.2 Å². The first-order valence-corrected chi connectivity index (χ1v) is 6.70. The third-order valence-corrected chi connectivity index (χ3v) is 3.38. The molecule has 20 heavy (non-hydrogen) atoms. The second-order valence-corrected chi connectivity index (χ2v) is 5.17. The van der Waals surface area contributed by atoms with Gasteiger partial charge in [0.25, 0.3) is 5.91 Å². The number of amides is 1. The number of rotatable bonds is 5. The Balaban J connectivity index is 2.02. The molecular formula is C14H19NO5. The summed E-state index contributed by atoms with van der Waals surface area (Å²) in [5.41, 5.74) is 0. The molecule has 1 amide bonds. The highest BCUT2D eigenvalue weighted by Crippen LogP contribution is 2.23. The first-order valence-electron chi connectivity index (χ1n) is 6.70. The van der Waals surface area contributed by atoms with Crippen molar-refractivity contribution in [3.05, 3.63) is 24.2 Å². The van der Waals surface area contributed by atoms with Gasteiger partial charge in [-0.25, -0.2) is 4.79 Å². The molecule has 1 saturated heterocycles. The SMILES string of the molecule is CC(C)N(Cc1ccco1)C(=O)[C@@H]1CC[C@H](C(=O)O)O1. The van der Waals surface area contributed by atoms with Crippen LogP contribution in [0.4, 0.5) is 0 Å². The van der Waals surface area contributed by atoms with Gasteiger partial charge in [0.2, 0.25) is 0 Å². The maximum atomic E-state index is 12.4. The molecule has 0 radical (unpaired) electrons. The Kier molecular flexibility index (Phi) is 4.44. The molecule has 1 aliphatic rings. The van der Waals surface area contributed by atoms with Crippen molar-refractivity contribution in [2.24, 2.45) is 0 Å². The van der Waals surface area contributed by atoms with Crippen LogP contribution < -0.4 is 0 Å². The van der Waals surface area contributed by atoms with Crippen LogP contribution in [0.5, 0.6) is 0 Å². The third-order valence-electron chi connectivity index (χ3n) is 3.38. The summed E-state index contributed by atoms with van der Waals surface area (Å²) in [7, 11) is 0. The molecule has 0 spiro atoms. The minimum absolute atomic E-state index is 0.0138. The van der Waals surface area contributed by atoms with Crippen LogP contribution in [0.15, 0.2) is 22.8 Å². The van der Waals surface area contributed by atoms with Gasteiger partial charge in [-0.3, -0.25) is 4.79 Å². The summed E-state index contributed by atoms with van der Waals surface area (Å²) in [6, 6.07) is 3.56. The fourth-order valence-corrected chi connectivity index (χ4v) is 2.27. The second-order valence-electron chi connectivity index (χ2n) is 5.17. The monoisotopic (exact) mass is 281 g/mol. The minimum Gasteiger partial charge on any atom is -0.479 e. The van der Waals surface area contributed by atoms with E-state index in [9.17, 15) is 9.59 Å². The minimum atomic E-state index is -1.01. The Bertz CT molecular complexity index is 468. The molecule has 2 heterocycles. The molecule has 2 atom stereocenters. The van der Waals surface area contributed by atoms with Crippen LogP contribution in [-0.2, 0) is 20.9 Å². The average Bonchev–Trinajstić information content (AvgIpc) is 3.06. The standard InChI is InChI=1S/C14H19NO5/c1-9(2)15(8-10-4-3-7-19-10)13(16)11-5-6-12(20-11)14(17)18/h3-4,7,9,11-12H,5-6,8H2,1-2H3,(H,17,18)/t11-,12+/m0/s1. The van der Waals surface area contributed by atoms with E-state index in [2.05, 4.69) is 0 Å². The van der Waals surface area contributed by atoms with Crippen molar-refractivity contribution in [1.29, 1.82) is 0 Å². The smallest absolute Gasteiger partial charge is 0.332 e. The van der Waals surface area contributed by atoms with Gasteiger partial charge >= 0.3 is 5.97 Å². The van der Waals surface area contributed by atoms with Gasteiger partial charge in [-0.05, 0) is 38.8 Å². The highest BCUT2D eigenvalue weighted by atomic mass is 16.5. The first-order chi connectivity index (χ1) is 9.49. The predicted octanol–water partition coefficient (Wildman–Crippen LogP) is 1.65. The van der Waals surface area contributed by atoms with Crippen LogP contribution in [0.25, 0.3) is 0 Å². The van der Waals surface area contributed by atoms with Gasteiger partial charge in [0.1, 0.15) is 11.9 Å². The number of ether oxygens (including phenoxy) is 1. The maximum Gasteiger partial charge on any atom is 0.332 e. The zero-order valence-electron chi connectivity index (χ0n) is 11.6. The topological polar surface area (TPSA) is 80.0 Å². The molecule has 0 saturated carbocycles. The summed E-state index contributed by atoms with van der Waals surface area (Å²) < 4.78 is 10.6. The van der Waals surface area contributed by atoms with E-state index in [0.29, 0.717) is 25.1 Å². The number of hydrogen-bond donors (Lipinski definition) is 1. The molecule has 1 fully saturated rings. The zero-order chi connectivity index (χ0) is 14.7. The number of furan rings is 1. The lowest BCUT2D eigenvalue weighted by atomic mass is 10.1. The lowest BCUT2D eigenvalue weighted by molar-refractivity contribution is -0.155. The molecule has 0 aliphatic carbocycles. The highest BCUT2D eigenvalue weighted by Gasteiger charge is 2.37. The van der Waals surface area contributed by atoms with Gasteiger partial charge in [-0.15, -0.1) is 0 Å². The molecule has 6 heteroatoms. The van der Waals surface area contributed by atoms with Crippen LogP contribution in [0.2, 0.25) is 0 Å². The molecule has 0 bridgehead atoms. The average molecular weight is 281 g/mol. The van der Waals surface area contributed by atoms with Crippen molar-refractivity contribution in [3.8, 4) is 0 Å². The molecule has 6 nitrogen and oxygen atoms in total. The molecule has 0 aromatic carbocycles. The van der Waals surface area contributed by atoms with E-state index in [0.717, 1.165) is 0 Å². The summed E-state index contributed by atoms with van der Waals surface area (Å²) in [5, 5.41) is 8.90. The fourth-order valence-electron chi connectivity index (χ4n) is 2.27. The number of carboxylic acid groups (broad SMARTS) is 1. The number of nitrogens with zero attached hydrogens (tertiary/aromatic N) is 1. The summed E-state index contributed by atoms with van der Waals surface area (Å²) in [4.78, 5) is 25.0. The normalized spacial score (nSPS) is 22.1. The summed E-state index contributed by atoms with van der Waals surface area (Å²) in [5.74, 6) is -0.498. The van der Waals surface area contributed by atoms with Crippen LogP contribution in [0.1, 0.15) is 32.4 Å². The van der Waals surface area contributed by atoms with Crippen molar-refractivity contribution in [1.82, 2.24) is 4.90 Å². The molecule has 0 unspecified atom stereocenters. The molecule has 2 rings (SSSR count). The molecule has 1 aliphatic heterocycles. The van der Waals surface area contributed by atoms with Crippen molar-refractivity contribution in [2.45, 2.75) is 51.5 Å². The van der Waals surface area contributed by atoms with Gasteiger partial charge in [0.05, 0.1) is 12.8 Å². The van der Waals surface area contributed by atoms with E-state index < -0.39 is 18.2 Å². The Morgan fingerprint density at radius 2 is 2.10 bits per heavy atom. The summed E-state index contributed by atoms with van der Waals surface area (Å²) in [6.07, 6.45) is 0.829. The predicted molar refractivity (Wildman–Crippen MR) is 69.9 cm³/mol. The lowest BCUT2D eigenvalue weighted by Gasteiger charge is -2.28. The molecular weight excluding hydrogens is 262 g/mol. The Morgan fingerprint density at radius 3 is 2.60 bits per heavy atom. The van der Waals surface area contributed by atoms with Gasteiger partial charge in [-0.1, -0.05) is 0 Å². The van der Waals surface area contributed by atoms with E-state index >= 15 is 0 Å². The maximum absolute atomic E-state index is 12.4. The van der Waals surface area contributed by atoms with Crippen LogP contribution >= 0.6 is 0 Å². The fraction of sp³-hybridized carbons (Fsp3) is 0.571. The largest absolute Gasteiger partial charge is 0.479 e. The van der Waals surface area contributed by atoms with E-state index in [1.165, 1.54) is 0 Å². The molecule has 1 aromatic rings. The van der Waals surface area contributed by atoms with Crippen LogP contribution in [-0.4, -0.2) is 40.1 Å². The Morgan fingerprint density at radius 1 is 1.40 bits per heavy atom. The molecule has 110 valence electrons. The van der Waals surface area contributed by atoms with E-state index in [1.54, 1.807) is 23.3 Å². The van der Waals surface area contributed by atoms with E-state index in [4.69, 9.17) is 14.3 Å². The molecule has 1 N–H and O–H groups in total. The lowest BCUT2D eigenvalue weighted by Crippen LogP contribution is -2.43. The van der Waals surface area contributed by atoms with Gasteiger partial charge in [0.15, 0.2) is 6.10 Å². The second kappa shape index (κ2) is 6.09. The van der Waals surface area contributed by atoms with Crippen LogP contribution in [0, 0.1) is 0 Å². The quantitative estimate of drug-likeness (QED) is 0.887. The number of hydrogen-bond acceptors (Lipinski definition) is 4. The van der Waals surface area contributed by atoms with E-state index in [1.807, 2.05) is 13.8 Å². The Hall–Kier alpha value is -1.82. The van der Waals surface area contributed by atoms with Crippen molar-refractivity contribution < 1.29 is 23.8 Å². The number of carboxylic acids is 1. The zero-order valence-corrected chi connectivity index (χ0v) is 11.6. The number of carbonyl (C=O) groups is 2. The van der Waals surface area contributed by atoms with Crippen molar-refractivity contribution >= 4 is 11.9 Å². The Labute approximate surface area is 117 Å². The number of carbonyl (C=O) groups excluding carboxylic acids is 1. The third kappa shape index (κ3) is 3.19. The van der Waals surface area contributed by atoms with Crippen LogP contribution in [0.3, 0.4) is 0 Å². The first kappa shape index (κ1) is 14.6. The van der Waals surface area contributed by atoms with Gasteiger partial charge in [-0.2, -0.15) is 0 Å². The van der Waals surface area contributed by atoms with Crippen molar-refractivity contribution in [3.63, 3.8) is 0 Å². The highest BCUT2D eigenvalue weighted by molar-refractivity contribution is 5.83. The summed E-state index contributed by atoms with van der Waals surface area (Å²) >= 11 is 0. The summed E-state index contributed by atoms with van der Waals surface area (Å²) in [6.45, 7) is 4.18. The number of aliphatic carboxylic acids is 1. The van der Waals surface area contributed by atoms with Gasteiger partial charge in [0, 0.05) is 6.04 Å². The molecule has 1 aromatic heterocycles. The van der Waals surface area contributed by atoms with Crippen molar-refractivity contribution in [2.75, 3.05) is 0 Å². The van der Waals surface area contributed by atoms with E-state index in [-0.39, 0.29) is 11.9 Å².